The van der Waals surface area contributed by atoms with E-state index in [2.05, 4.69) is 15.9 Å². The summed E-state index contributed by atoms with van der Waals surface area (Å²) in [5.41, 5.74) is 1.48. The maximum atomic E-state index is 13.4. The van der Waals surface area contributed by atoms with Crippen molar-refractivity contribution >= 4 is 56.2 Å². The van der Waals surface area contributed by atoms with Crippen LogP contribution in [0.15, 0.2) is 51.8 Å². The number of nitrogens with zero attached hydrogens (tertiary/aromatic N) is 1. The number of thiocarbonyl (C=S) groups is 1. The molecule has 0 unspecified atom stereocenters. The fourth-order valence-electron chi connectivity index (χ4n) is 3.34. The van der Waals surface area contributed by atoms with Gasteiger partial charge in [0.15, 0.2) is 0 Å². The minimum absolute atomic E-state index is 0.0443. The number of carbonyl (C=O) groups is 1. The molecule has 2 fully saturated rings. The van der Waals surface area contributed by atoms with E-state index in [1.165, 1.54) is 23.9 Å². The Balaban J connectivity index is 1.53. The second-order valence-electron chi connectivity index (χ2n) is 7.03. The van der Waals surface area contributed by atoms with Gasteiger partial charge in [-0.3, -0.25) is 9.69 Å². The summed E-state index contributed by atoms with van der Waals surface area (Å²) in [5, 5.41) is 0. The van der Waals surface area contributed by atoms with E-state index in [0.717, 1.165) is 35.0 Å². The third kappa shape index (κ3) is 5.11. The summed E-state index contributed by atoms with van der Waals surface area (Å²) in [4.78, 5) is 15.1. The van der Waals surface area contributed by atoms with Crippen molar-refractivity contribution in [3.8, 4) is 5.75 Å². The minimum atomic E-state index is -0.304. The molecular weight excluding hydrogens is 489 g/mol. The van der Waals surface area contributed by atoms with E-state index in [0.29, 0.717) is 21.5 Å². The van der Waals surface area contributed by atoms with E-state index in [1.807, 2.05) is 18.2 Å². The molecule has 0 bridgehead atoms. The average molecular weight is 508 g/mol. The molecule has 0 aromatic heterocycles. The topological polar surface area (TPSA) is 38.8 Å². The Bertz CT molecular complexity index is 1010. The predicted octanol–water partition coefficient (Wildman–Crippen LogP) is 5.55. The van der Waals surface area contributed by atoms with Crippen LogP contribution in [0.25, 0.3) is 6.08 Å². The summed E-state index contributed by atoms with van der Waals surface area (Å²) in [6.45, 7) is 1.45. The van der Waals surface area contributed by atoms with Crippen molar-refractivity contribution in [2.24, 2.45) is 0 Å². The lowest BCUT2D eigenvalue weighted by atomic mass is 10.1. The Kier molecular flexibility index (Phi) is 6.87. The first kappa shape index (κ1) is 21.5. The first-order chi connectivity index (χ1) is 14.5. The zero-order valence-corrected chi connectivity index (χ0v) is 19.2. The molecule has 156 valence electrons. The molecular formula is C22H19BrFNO3S2. The van der Waals surface area contributed by atoms with Gasteiger partial charge in [0.25, 0.3) is 5.91 Å². The summed E-state index contributed by atoms with van der Waals surface area (Å²) in [5.74, 6) is 0.186. The van der Waals surface area contributed by atoms with Crippen LogP contribution in [-0.4, -0.2) is 34.4 Å². The lowest BCUT2D eigenvalue weighted by Crippen LogP contribution is -2.35. The highest BCUT2D eigenvalue weighted by atomic mass is 79.9. The van der Waals surface area contributed by atoms with E-state index in [-0.39, 0.29) is 24.4 Å². The summed E-state index contributed by atoms with van der Waals surface area (Å²) in [7, 11) is 0. The van der Waals surface area contributed by atoms with Crippen molar-refractivity contribution in [2.75, 3.05) is 13.2 Å². The normalized spacial score (nSPS) is 20.4. The van der Waals surface area contributed by atoms with Gasteiger partial charge < -0.3 is 9.47 Å². The van der Waals surface area contributed by atoms with Crippen LogP contribution in [0.3, 0.4) is 0 Å². The smallest absolute Gasteiger partial charge is 0.266 e. The predicted molar refractivity (Wildman–Crippen MR) is 124 cm³/mol. The molecule has 1 amide bonds. The summed E-state index contributed by atoms with van der Waals surface area (Å²) in [6, 6.07) is 11.9. The minimum Gasteiger partial charge on any atom is -0.488 e. The summed E-state index contributed by atoms with van der Waals surface area (Å²) in [6.07, 6.45) is 3.79. The van der Waals surface area contributed by atoms with E-state index in [4.69, 9.17) is 21.7 Å². The number of thioether (sulfide) groups is 1. The highest BCUT2D eigenvalue weighted by molar-refractivity contribution is 9.10. The molecule has 0 saturated carbocycles. The van der Waals surface area contributed by atoms with E-state index < -0.39 is 0 Å². The van der Waals surface area contributed by atoms with Gasteiger partial charge >= 0.3 is 0 Å². The molecule has 2 saturated heterocycles. The zero-order valence-electron chi connectivity index (χ0n) is 16.0. The van der Waals surface area contributed by atoms with Crippen LogP contribution in [0.4, 0.5) is 4.39 Å². The number of rotatable bonds is 6. The van der Waals surface area contributed by atoms with Crippen LogP contribution >= 0.6 is 39.9 Å². The van der Waals surface area contributed by atoms with Gasteiger partial charge in [0, 0.05) is 16.6 Å². The van der Waals surface area contributed by atoms with Crippen molar-refractivity contribution in [1.29, 1.82) is 0 Å². The number of carbonyl (C=O) groups excluding carboxylic acids is 1. The number of benzene rings is 2. The van der Waals surface area contributed by atoms with Crippen LogP contribution < -0.4 is 4.74 Å². The lowest BCUT2D eigenvalue weighted by molar-refractivity contribution is -0.123. The largest absolute Gasteiger partial charge is 0.488 e. The van der Waals surface area contributed by atoms with Gasteiger partial charge in [0.2, 0.25) is 0 Å². The molecule has 30 heavy (non-hydrogen) atoms. The number of ether oxygens (including phenoxy) is 2. The quantitative estimate of drug-likeness (QED) is 0.378. The van der Waals surface area contributed by atoms with Crippen molar-refractivity contribution in [1.82, 2.24) is 4.90 Å². The standard InChI is InChI=1S/C22H19BrFNO3S2/c23-16-6-7-19(28-13-14-3-1-4-17(24)9-14)15(10-16)11-20-21(26)25(22(29)30-20)12-18-5-2-8-27-18/h1,3-4,6-7,9-11,18H,2,5,8,12-13H2/b20-11-/t18-/m0/s1. The molecule has 8 heteroatoms. The first-order valence-electron chi connectivity index (χ1n) is 9.53. The Hall–Kier alpha value is -1.74. The average Bonchev–Trinajstić information content (AvgIpc) is 3.32. The van der Waals surface area contributed by atoms with Crippen LogP contribution in [0.2, 0.25) is 0 Å². The molecule has 2 aliphatic heterocycles. The van der Waals surface area contributed by atoms with Crippen molar-refractivity contribution in [3.63, 3.8) is 0 Å². The molecule has 4 rings (SSSR count). The fraction of sp³-hybridized carbons (Fsp3) is 0.273. The van der Waals surface area contributed by atoms with Crippen LogP contribution in [-0.2, 0) is 16.1 Å². The molecule has 2 aromatic carbocycles. The third-order valence-corrected chi connectivity index (χ3v) is 6.70. The SMILES string of the molecule is O=C1/C(=C/c2cc(Br)ccc2OCc2cccc(F)c2)SC(=S)N1C[C@@H]1CCCO1. The molecule has 2 aromatic rings. The maximum Gasteiger partial charge on any atom is 0.266 e. The molecule has 4 nitrogen and oxygen atoms in total. The highest BCUT2D eigenvalue weighted by Gasteiger charge is 2.34. The maximum absolute atomic E-state index is 13.4. The monoisotopic (exact) mass is 507 g/mol. The fourth-order valence-corrected chi connectivity index (χ4v) is 4.99. The second-order valence-corrected chi connectivity index (χ2v) is 9.62. The van der Waals surface area contributed by atoms with Gasteiger partial charge in [-0.15, -0.1) is 0 Å². The van der Waals surface area contributed by atoms with Gasteiger partial charge in [-0.05, 0) is 54.8 Å². The van der Waals surface area contributed by atoms with Gasteiger partial charge in [0.05, 0.1) is 17.6 Å². The molecule has 0 aliphatic carbocycles. The number of hydrogen-bond donors (Lipinski definition) is 0. The number of amides is 1. The Morgan fingerprint density at radius 2 is 2.20 bits per heavy atom. The molecule has 0 spiro atoms. The van der Waals surface area contributed by atoms with Gasteiger partial charge in [-0.25, -0.2) is 4.39 Å². The lowest BCUT2D eigenvalue weighted by Gasteiger charge is -2.18. The highest BCUT2D eigenvalue weighted by Crippen LogP contribution is 2.36. The number of hydrogen-bond acceptors (Lipinski definition) is 5. The molecule has 1 atom stereocenters. The van der Waals surface area contributed by atoms with Gasteiger partial charge in [-0.1, -0.05) is 52.0 Å². The third-order valence-electron chi connectivity index (χ3n) is 4.83. The Morgan fingerprint density at radius 1 is 1.33 bits per heavy atom. The van der Waals surface area contributed by atoms with Crippen molar-refractivity contribution in [2.45, 2.75) is 25.6 Å². The molecule has 0 N–H and O–H groups in total. The first-order valence-corrected chi connectivity index (χ1v) is 11.5. The Labute approximate surface area is 192 Å². The van der Waals surface area contributed by atoms with E-state index in [1.54, 1.807) is 23.1 Å². The van der Waals surface area contributed by atoms with Gasteiger partial charge in [-0.2, -0.15) is 0 Å². The van der Waals surface area contributed by atoms with Crippen molar-refractivity contribution in [3.05, 3.63) is 68.8 Å². The summed E-state index contributed by atoms with van der Waals surface area (Å²) < 4.78 is 26.4. The van der Waals surface area contributed by atoms with Crippen LogP contribution in [0.5, 0.6) is 5.75 Å². The molecule has 0 radical (unpaired) electrons. The summed E-state index contributed by atoms with van der Waals surface area (Å²) >= 11 is 10.2. The van der Waals surface area contributed by atoms with E-state index in [9.17, 15) is 9.18 Å². The molecule has 2 aliphatic rings. The van der Waals surface area contributed by atoms with Crippen molar-refractivity contribution < 1.29 is 18.7 Å². The number of halogens is 2. The Morgan fingerprint density at radius 3 is 2.97 bits per heavy atom. The second kappa shape index (κ2) is 9.60. The molecule has 2 heterocycles. The van der Waals surface area contributed by atoms with E-state index >= 15 is 0 Å². The zero-order chi connectivity index (χ0) is 21.1. The van der Waals surface area contributed by atoms with Crippen LogP contribution in [0, 0.1) is 5.82 Å². The van der Waals surface area contributed by atoms with Gasteiger partial charge in [0.1, 0.15) is 22.5 Å². The van der Waals surface area contributed by atoms with Crippen LogP contribution in [0.1, 0.15) is 24.0 Å².